The number of rotatable bonds is 8. The van der Waals surface area contributed by atoms with Crippen LogP contribution in [0, 0.1) is 31.4 Å². The van der Waals surface area contributed by atoms with Gasteiger partial charge in [-0.25, -0.2) is 23.1 Å². The van der Waals surface area contributed by atoms with Crippen LogP contribution in [0.15, 0.2) is 81.1 Å². The Labute approximate surface area is 360 Å². The van der Waals surface area contributed by atoms with Gasteiger partial charge in [-0.1, -0.05) is 18.1 Å². The van der Waals surface area contributed by atoms with Crippen LogP contribution in [0.3, 0.4) is 0 Å². The highest BCUT2D eigenvalue weighted by atomic mass is 31.2. The number of hydrogen-bond donors (Lipinski definition) is 1. The minimum Gasteiger partial charge on any atom is -0.381 e. The van der Waals surface area contributed by atoms with Crippen molar-refractivity contribution in [3.05, 3.63) is 139 Å². The van der Waals surface area contributed by atoms with Gasteiger partial charge in [0.2, 0.25) is 0 Å². The number of hydrogen-bond acceptors (Lipinski definition) is 8. The van der Waals surface area contributed by atoms with Crippen LogP contribution >= 0.6 is 7.14 Å². The molecule has 10 rings (SSSR count). The molecule has 1 saturated heterocycles. The molecule has 0 unspecified atom stereocenters. The minimum absolute atomic E-state index is 0.00109. The maximum Gasteiger partial charge on any atom is 0.438 e. The smallest absolute Gasteiger partial charge is 0.381 e. The van der Waals surface area contributed by atoms with Crippen LogP contribution in [-0.2, 0) is 21.3 Å². The van der Waals surface area contributed by atoms with Crippen molar-refractivity contribution in [2.45, 2.75) is 70.9 Å². The number of fused-ring (bicyclic) bond motifs is 2. The molecule has 2 aliphatic heterocycles. The summed E-state index contributed by atoms with van der Waals surface area (Å²) in [5, 5.41) is 10.4. The van der Waals surface area contributed by atoms with Crippen LogP contribution < -0.4 is 16.8 Å². The summed E-state index contributed by atoms with van der Waals surface area (Å²) in [6.07, 6.45) is 5.71. The van der Waals surface area contributed by atoms with Gasteiger partial charge < -0.3 is 18.8 Å². The summed E-state index contributed by atoms with van der Waals surface area (Å²) in [6, 6.07) is 15.1. The fourth-order valence-electron chi connectivity index (χ4n) is 9.96. The summed E-state index contributed by atoms with van der Waals surface area (Å²) in [7, 11) is -2.79. The highest BCUT2D eigenvalue weighted by Gasteiger charge is 2.59. The van der Waals surface area contributed by atoms with Gasteiger partial charge in [0.15, 0.2) is 5.82 Å². The summed E-state index contributed by atoms with van der Waals surface area (Å²) in [6.45, 7) is 12.0. The molecule has 0 bridgehead atoms. The number of nitrogens with one attached hydrogen (secondary N) is 1. The topological polar surface area (TPSA) is 155 Å². The van der Waals surface area contributed by atoms with Crippen molar-refractivity contribution in [1.29, 1.82) is 0 Å². The molecule has 1 N–H and O–H groups in total. The number of nitrogens with zero attached hydrogens (tertiary/aromatic N) is 7. The second-order valence-corrected chi connectivity index (χ2v) is 21.0. The Morgan fingerprint density at radius 1 is 0.952 bits per heavy atom. The molecule has 2 fully saturated rings. The fourth-order valence-corrected chi connectivity index (χ4v) is 10.8. The van der Waals surface area contributed by atoms with Crippen molar-refractivity contribution < 1.29 is 27.4 Å². The van der Waals surface area contributed by atoms with Crippen molar-refractivity contribution >= 4 is 29.3 Å². The van der Waals surface area contributed by atoms with Gasteiger partial charge in [0.25, 0.3) is 5.91 Å². The van der Waals surface area contributed by atoms with Gasteiger partial charge in [-0.3, -0.25) is 23.4 Å². The average Bonchev–Trinajstić information content (AvgIpc) is 3.74. The summed E-state index contributed by atoms with van der Waals surface area (Å²) < 4.78 is 60.4. The lowest BCUT2D eigenvalue weighted by Gasteiger charge is -2.34. The van der Waals surface area contributed by atoms with Crippen LogP contribution in [0.5, 0.6) is 0 Å². The molecule has 63 heavy (non-hydrogen) atoms. The standard InChI is InChI=1S/C46H47F2N8O6P/c1-25-19-32(20-26(2)40(25)48)56-41(54-16-15-53(45(54)59)37-10-8-33(23-34(37)47)63(5,6)60)39-28(4)52(14-11-35(39)50-56)42(57)38-22-31-21-30(29-12-17-61-18-13-29)7-9-36(31)55(38)46(24-27(46)3)43-49-44(58)62-51-43/h7-10,15-16,19-23,27-29H,11-14,17-18,24H2,1-6H3,(H,49,51,58)/t27-,28-,46-/m0/s1. The number of halogens is 2. The maximum absolute atomic E-state index is 15.7. The number of imidazole rings is 1. The van der Waals surface area contributed by atoms with E-state index >= 15 is 13.6 Å². The number of H-pyrrole nitrogens is 1. The molecule has 3 aliphatic rings. The van der Waals surface area contributed by atoms with E-state index in [9.17, 15) is 14.2 Å². The Kier molecular flexibility index (Phi) is 9.57. The van der Waals surface area contributed by atoms with Crippen LogP contribution in [0.1, 0.15) is 89.3 Å². The summed E-state index contributed by atoms with van der Waals surface area (Å²) in [5.74, 6) is -1.05. The van der Waals surface area contributed by atoms with Gasteiger partial charge in [-0.15, -0.1) is 0 Å². The molecule has 326 valence electrons. The third kappa shape index (κ3) is 6.51. The van der Waals surface area contributed by atoms with Crippen LogP contribution in [0.4, 0.5) is 8.78 Å². The van der Waals surface area contributed by atoms with E-state index in [0.29, 0.717) is 82.7 Å². The summed E-state index contributed by atoms with van der Waals surface area (Å²) >= 11 is 0. The van der Waals surface area contributed by atoms with Gasteiger partial charge in [0, 0.05) is 60.3 Å². The number of aryl methyl sites for hydroxylation is 2. The Bertz CT molecular complexity index is 3160. The van der Waals surface area contributed by atoms with Crippen molar-refractivity contribution in [1.82, 2.24) is 38.5 Å². The number of aromatic nitrogens is 7. The third-order valence-corrected chi connectivity index (χ3v) is 15.0. The van der Waals surface area contributed by atoms with E-state index in [2.05, 4.69) is 29.2 Å². The van der Waals surface area contributed by atoms with Gasteiger partial charge in [0.05, 0.1) is 23.1 Å². The zero-order valence-corrected chi connectivity index (χ0v) is 36.7. The third-order valence-electron chi connectivity index (χ3n) is 13.5. The van der Waals surface area contributed by atoms with Crippen molar-refractivity contribution in [3.63, 3.8) is 0 Å². The van der Waals surface area contributed by atoms with Gasteiger partial charge >= 0.3 is 11.4 Å². The molecule has 6 heterocycles. The van der Waals surface area contributed by atoms with Crippen LogP contribution in [-0.4, -0.2) is 77.5 Å². The second kappa shape index (κ2) is 14.7. The average molecular weight is 877 g/mol. The second-order valence-electron chi connectivity index (χ2n) is 17.8. The first-order chi connectivity index (χ1) is 30.1. The van der Waals surface area contributed by atoms with Gasteiger partial charge in [0.1, 0.15) is 35.8 Å². The molecular formula is C46H47F2N8O6P. The van der Waals surface area contributed by atoms with E-state index < -0.39 is 36.0 Å². The molecule has 3 atom stereocenters. The lowest BCUT2D eigenvalue weighted by Crippen LogP contribution is -2.41. The molecule has 4 aromatic heterocycles. The Hall–Kier alpha value is -6.12. The Balaban J connectivity index is 1.12. The summed E-state index contributed by atoms with van der Waals surface area (Å²) in [5.41, 5.74) is 3.41. The largest absolute Gasteiger partial charge is 0.438 e. The molecule has 0 spiro atoms. The van der Waals surface area contributed by atoms with Crippen molar-refractivity contribution in [2.75, 3.05) is 33.1 Å². The molecule has 14 nitrogen and oxygen atoms in total. The van der Waals surface area contributed by atoms with Crippen molar-refractivity contribution in [2.24, 2.45) is 5.92 Å². The Morgan fingerprint density at radius 2 is 1.67 bits per heavy atom. The van der Waals surface area contributed by atoms with E-state index in [1.807, 2.05) is 23.6 Å². The minimum atomic E-state index is -2.79. The number of benzene rings is 3. The lowest BCUT2D eigenvalue weighted by molar-refractivity contribution is 0.0663. The van der Waals surface area contributed by atoms with Crippen LogP contribution in [0.2, 0.25) is 0 Å². The molecule has 1 aliphatic carbocycles. The lowest BCUT2D eigenvalue weighted by atomic mass is 9.91. The summed E-state index contributed by atoms with van der Waals surface area (Å²) in [4.78, 5) is 46.9. The zero-order valence-electron chi connectivity index (χ0n) is 35.8. The zero-order chi connectivity index (χ0) is 44.3. The van der Waals surface area contributed by atoms with Crippen molar-refractivity contribution in [3.8, 4) is 17.2 Å². The molecule has 3 aromatic carbocycles. The monoisotopic (exact) mass is 876 g/mol. The molecule has 1 amide bonds. The number of carbonyl (C=O) groups is 1. The normalized spacial score (nSPS) is 20.4. The quantitative estimate of drug-likeness (QED) is 0.160. The first-order valence-corrected chi connectivity index (χ1v) is 23.8. The molecule has 7 aromatic rings. The molecule has 0 radical (unpaired) electrons. The van der Waals surface area contributed by atoms with Crippen LogP contribution in [0.25, 0.3) is 28.1 Å². The highest BCUT2D eigenvalue weighted by molar-refractivity contribution is 7.70. The number of aromatic amines is 1. The van der Waals surface area contributed by atoms with E-state index in [1.165, 1.54) is 33.7 Å². The van der Waals surface area contributed by atoms with Gasteiger partial charge in [-0.2, -0.15) is 5.10 Å². The number of carbonyl (C=O) groups excluding carboxylic acids is 1. The number of amides is 1. The highest BCUT2D eigenvalue weighted by Crippen LogP contribution is 2.56. The molecular weight excluding hydrogens is 830 g/mol. The van der Waals surface area contributed by atoms with E-state index in [-0.39, 0.29) is 29.9 Å². The first-order valence-electron chi connectivity index (χ1n) is 21.2. The van der Waals surface area contributed by atoms with E-state index in [4.69, 9.17) is 14.4 Å². The molecule has 17 heteroatoms. The van der Waals surface area contributed by atoms with E-state index in [1.54, 1.807) is 55.0 Å². The van der Waals surface area contributed by atoms with E-state index in [0.717, 1.165) is 29.3 Å². The fraction of sp³-hybridized carbons (Fsp3) is 0.370. The predicted octanol–water partition coefficient (Wildman–Crippen LogP) is 7.02. The first kappa shape index (κ1) is 40.9. The Morgan fingerprint density at radius 3 is 2.32 bits per heavy atom. The molecule has 1 saturated carbocycles. The number of ether oxygens (including phenoxy) is 1. The maximum atomic E-state index is 15.7. The SMILES string of the molecule is Cc1cc(-n2nc3c(c2-n2ccn(-c4ccc(P(C)(C)=O)cc4F)c2=O)[C@H](C)N(C(=O)c2cc4cc(C5CCOCC5)ccc4n2[C@@]2(c4noc(=O)[nH]4)C[C@@H]2C)CC3)cc(C)c1F. The predicted molar refractivity (Wildman–Crippen MR) is 233 cm³/mol. The van der Waals surface area contributed by atoms with Gasteiger partial charge in [-0.05, 0) is 130 Å².